The van der Waals surface area contributed by atoms with Gasteiger partial charge in [-0.25, -0.2) is 0 Å². The summed E-state index contributed by atoms with van der Waals surface area (Å²) in [6.07, 6.45) is 2.69. The first-order valence-corrected chi connectivity index (χ1v) is 7.21. The van der Waals surface area contributed by atoms with E-state index in [1.165, 1.54) is 5.56 Å². The SMILES string of the molecule is CCC(C)c1ccc(OCC(=O)NCc2ccco2)cc1. The van der Waals surface area contributed by atoms with Gasteiger partial charge in [0.2, 0.25) is 0 Å². The molecule has 0 fully saturated rings. The molecule has 0 aliphatic rings. The quantitative estimate of drug-likeness (QED) is 0.848. The molecule has 0 aliphatic heterocycles. The van der Waals surface area contributed by atoms with E-state index in [-0.39, 0.29) is 12.5 Å². The Morgan fingerprint density at radius 1 is 1.29 bits per heavy atom. The number of ether oxygens (including phenoxy) is 1. The maximum absolute atomic E-state index is 11.7. The minimum atomic E-state index is -0.169. The molecule has 0 saturated carbocycles. The molecule has 112 valence electrons. The van der Waals surface area contributed by atoms with Gasteiger partial charge in [0.25, 0.3) is 5.91 Å². The van der Waals surface area contributed by atoms with Crippen LogP contribution in [0.3, 0.4) is 0 Å². The molecule has 1 unspecified atom stereocenters. The van der Waals surface area contributed by atoms with E-state index >= 15 is 0 Å². The van der Waals surface area contributed by atoms with Crippen LogP contribution < -0.4 is 10.1 Å². The van der Waals surface area contributed by atoms with Crippen LogP contribution in [0.15, 0.2) is 47.1 Å². The zero-order valence-electron chi connectivity index (χ0n) is 12.5. The highest BCUT2D eigenvalue weighted by Crippen LogP contribution is 2.21. The average molecular weight is 287 g/mol. The van der Waals surface area contributed by atoms with E-state index in [1.807, 2.05) is 30.3 Å². The lowest BCUT2D eigenvalue weighted by Gasteiger charge is -2.10. The van der Waals surface area contributed by atoms with Crippen molar-refractivity contribution in [2.45, 2.75) is 32.7 Å². The highest BCUT2D eigenvalue weighted by atomic mass is 16.5. The molecule has 0 radical (unpaired) electrons. The Hall–Kier alpha value is -2.23. The molecular formula is C17H21NO3. The van der Waals surface area contributed by atoms with Gasteiger partial charge in [0, 0.05) is 0 Å². The molecule has 0 saturated heterocycles. The van der Waals surface area contributed by atoms with E-state index in [9.17, 15) is 4.79 Å². The highest BCUT2D eigenvalue weighted by molar-refractivity contribution is 5.77. The molecule has 1 aromatic carbocycles. The zero-order chi connectivity index (χ0) is 15.1. The number of furan rings is 1. The Labute approximate surface area is 125 Å². The van der Waals surface area contributed by atoms with E-state index in [4.69, 9.17) is 9.15 Å². The summed E-state index contributed by atoms with van der Waals surface area (Å²) in [5.74, 6) is 1.80. The smallest absolute Gasteiger partial charge is 0.258 e. The van der Waals surface area contributed by atoms with Crippen molar-refractivity contribution in [3.8, 4) is 5.75 Å². The molecule has 1 atom stereocenters. The van der Waals surface area contributed by atoms with Crippen molar-refractivity contribution in [1.82, 2.24) is 5.32 Å². The Morgan fingerprint density at radius 2 is 2.05 bits per heavy atom. The van der Waals surface area contributed by atoms with Crippen molar-refractivity contribution in [1.29, 1.82) is 0 Å². The first-order valence-electron chi connectivity index (χ1n) is 7.21. The van der Waals surface area contributed by atoms with E-state index in [0.717, 1.165) is 12.2 Å². The zero-order valence-corrected chi connectivity index (χ0v) is 12.5. The van der Waals surface area contributed by atoms with Crippen LogP contribution in [0.2, 0.25) is 0 Å². The summed E-state index contributed by atoms with van der Waals surface area (Å²) >= 11 is 0. The number of nitrogens with one attached hydrogen (secondary N) is 1. The number of carbonyl (C=O) groups is 1. The third kappa shape index (κ3) is 4.67. The van der Waals surface area contributed by atoms with Crippen LogP contribution >= 0.6 is 0 Å². The van der Waals surface area contributed by atoms with Crippen LogP contribution in [0.4, 0.5) is 0 Å². The lowest BCUT2D eigenvalue weighted by Crippen LogP contribution is -2.28. The molecule has 0 spiro atoms. The first-order chi connectivity index (χ1) is 10.2. The third-order valence-corrected chi connectivity index (χ3v) is 3.47. The molecule has 2 aromatic rings. The van der Waals surface area contributed by atoms with Crippen LogP contribution in [0.1, 0.15) is 37.5 Å². The Balaban J connectivity index is 1.75. The van der Waals surface area contributed by atoms with Gasteiger partial charge in [0.05, 0.1) is 12.8 Å². The summed E-state index contributed by atoms with van der Waals surface area (Å²) in [5.41, 5.74) is 1.28. The summed E-state index contributed by atoms with van der Waals surface area (Å²) in [5, 5.41) is 2.74. The fraction of sp³-hybridized carbons (Fsp3) is 0.353. The molecule has 1 N–H and O–H groups in total. The normalized spacial score (nSPS) is 11.9. The second-order valence-corrected chi connectivity index (χ2v) is 5.02. The highest BCUT2D eigenvalue weighted by Gasteiger charge is 2.05. The lowest BCUT2D eigenvalue weighted by molar-refractivity contribution is -0.123. The fourth-order valence-corrected chi connectivity index (χ4v) is 1.93. The topological polar surface area (TPSA) is 51.5 Å². The van der Waals surface area contributed by atoms with E-state index < -0.39 is 0 Å². The number of carbonyl (C=O) groups excluding carboxylic acids is 1. The van der Waals surface area contributed by atoms with Crippen LogP contribution in [-0.2, 0) is 11.3 Å². The fourth-order valence-electron chi connectivity index (χ4n) is 1.93. The van der Waals surface area contributed by atoms with Gasteiger partial charge in [0.1, 0.15) is 11.5 Å². The minimum absolute atomic E-state index is 0.00336. The molecule has 4 heteroatoms. The number of rotatable bonds is 7. The molecule has 4 nitrogen and oxygen atoms in total. The number of amides is 1. The summed E-state index contributed by atoms with van der Waals surface area (Å²) in [6.45, 7) is 4.74. The molecule has 2 rings (SSSR count). The Morgan fingerprint density at radius 3 is 2.67 bits per heavy atom. The molecule has 1 aromatic heterocycles. The van der Waals surface area contributed by atoms with Crippen molar-refractivity contribution < 1.29 is 13.9 Å². The van der Waals surface area contributed by atoms with Gasteiger partial charge in [-0.05, 0) is 42.2 Å². The predicted molar refractivity (Wildman–Crippen MR) is 81.2 cm³/mol. The van der Waals surface area contributed by atoms with Gasteiger partial charge in [-0.2, -0.15) is 0 Å². The molecule has 1 amide bonds. The van der Waals surface area contributed by atoms with Crippen LogP contribution in [0.5, 0.6) is 5.75 Å². The monoisotopic (exact) mass is 287 g/mol. The van der Waals surface area contributed by atoms with Crippen molar-refractivity contribution in [2.24, 2.45) is 0 Å². The van der Waals surface area contributed by atoms with Crippen molar-refractivity contribution in [2.75, 3.05) is 6.61 Å². The summed E-state index contributed by atoms with van der Waals surface area (Å²) < 4.78 is 10.6. The maximum Gasteiger partial charge on any atom is 0.258 e. The average Bonchev–Trinajstić information content (AvgIpc) is 3.04. The van der Waals surface area contributed by atoms with E-state index in [2.05, 4.69) is 19.2 Å². The second kappa shape index (κ2) is 7.53. The molecule has 21 heavy (non-hydrogen) atoms. The van der Waals surface area contributed by atoms with E-state index in [1.54, 1.807) is 12.3 Å². The van der Waals surface area contributed by atoms with Crippen molar-refractivity contribution in [3.63, 3.8) is 0 Å². The van der Waals surface area contributed by atoms with Gasteiger partial charge in [-0.1, -0.05) is 26.0 Å². The van der Waals surface area contributed by atoms with Gasteiger partial charge in [0.15, 0.2) is 6.61 Å². The van der Waals surface area contributed by atoms with Crippen LogP contribution in [0.25, 0.3) is 0 Å². The van der Waals surface area contributed by atoms with Crippen molar-refractivity contribution in [3.05, 3.63) is 54.0 Å². The van der Waals surface area contributed by atoms with Crippen LogP contribution in [-0.4, -0.2) is 12.5 Å². The summed E-state index contributed by atoms with van der Waals surface area (Å²) in [6, 6.07) is 11.5. The number of benzene rings is 1. The maximum atomic E-state index is 11.7. The van der Waals surface area contributed by atoms with Gasteiger partial charge in [-0.3, -0.25) is 4.79 Å². The van der Waals surface area contributed by atoms with Crippen LogP contribution in [0, 0.1) is 0 Å². The second-order valence-electron chi connectivity index (χ2n) is 5.02. The van der Waals surface area contributed by atoms with Crippen molar-refractivity contribution >= 4 is 5.91 Å². The predicted octanol–water partition coefficient (Wildman–Crippen LogP) is 3.49. The molecule has 0 aliphatic carbocycles. The molecular weight excluding hydrogens is 266 g/mol. The first kappa shape index (κ1) is 15.2. The lowest BCUT2D eigenvalue weighted by atomic mass is 9.99. The Bertz CT molecular complexity index is 546. The van der Waals surface area contributed by atoms with Gasteiger partial charge < -0.3 is 14.5 Å². The van der Waals surface area contributed by atoms with Gasteiger partial charge >= 0.3 is 0 Å². The number of hydrogen-bond donors (Lipinski definition) is 1. The third-order valence-electron chi connectivity index (χ3n) is 3.47. The van der Waals surface area contributed by atoms with E-state index in [0.29, 0.717) is 18.2 Å². The minimum Gasteiger partial charge on any atom is -0.484 e. The van der Waals surface area contributed by atoms with Gasteiger partial charge in [-0.15, -0.1) is 0 Å². The largest absolute Gasteiger partial charge is 0.484 e. The summed E-state index contributed by atoms with van der Waals surface area (Å²) in [4.78, 5) is 11.7. The number of hydrogen-bond acceptors (Lipinski definition) is 3. The molecule has 1 heterocycles. The standard InChI is InChI=1S/C17H21NO3/c1-3-13(2)14-6-8-15(9-7-14)21-12-17(19)18-11-16-5-4-10-20-16/h4-10,13H,3,11-12H2,1-2H3,(H,18,19). The molecule has 0 bridgehead atoms. The Kier molecular flexibility index (Phi) is 5.43. The summed E-state index contributed by atoms with van der Waals surface area (Å²) in [7, 11) is 0.